The van der Waals surface area contributed by atoms with Crippen molar-refractivity contribution in [3.8, 4) is 0 Å². The molecule has 0 amide bonds. The van der Waals surface area contributed by atoms with Crippen LogP contribution in [0.1, 0.15) is 24.2 Å². The van der Waals surface area contributed by atoms with Gasteiger partial charge in [0.1, 0.15) is 35.9 Å². The van der Waals surface area contributed by atoms with Crippen molar-refractivity contribution in [3.05, 3.63) is 23.8 Å². The van der Waals surface area contributed by atoms with E-state index in [9.17, 15) is 18.0 Å². The molecule has 2 N–H and O–H groups in total. The van der Waals surface area contributed by atoms with Gasteiger partial charge < -0.3 is 24.8 Å². The van der Waals surface area contributed by atoms with Gasteiger partial charge in [-0.3, -0.25) is 4.68 Å². The Bertz CT molecular complexity index is 1230. The number of hydrogen-bond acceptors (Lipinski definition) is 10. The van der Waals surface area contributed by atoms with Crippen molar-refractivity contribution in [1.29, 1.82) is 0 Å². The maximum Gasteiger partial charge on any atom is 0.506 e. The number of alkyl halides is 3. The lowest BCUT2D eigenvalue weighted by Gasteiger charge is -2.31. The van der Waals surface area contributed by atoms with E-state index in [0.717, 1.165) is 5.69 Å². The maximum absolute atomic E-state index is 12.5. The first-order chi connectivity index (χ1) is 17.1. The molecule has 0 saturated carbocycles. The third-order valence-electron chi connectivity index (χ3n) is 5.50. The molecule has 1 aliphatic rings. The molecule has 3 aromatic rings. The summed E-state index contributed by atoms with van der Waals surface area (Å²) >= 11 is 0. The van der Waals surface area contributed by atoms with E-state index in [4.69, 9.17) is 14.6 Å². The van der Waals surface area contributed by atoms with Crippen LogP contribution in [0.15, 0.2) is 12.4 Å². The zero-order chi connectivity index (χ0) is 25.9. The SMILES string of the molecule is Cc1cc(Nc2nc(N3CCC(OC(=O)O)CC3)nc3c(C)nn(CCOCC(F)(F)F)c23)ncn1. The molecular weight excluding hydrogens is 485 g/mol. The second-order valence-electron chi connectivity index (χ2n) is 8.29. The van der Waals surface area contributed by atoms with Crippen molar-refractivity contribution in [3.63, 3.8) is 0 Å². The van der Waals surface area contributed by atoms with Crippen molar-refractivity contribution >= 4 is 34.8 Å². The molecule has 0 aliphatic carbocycles. The van der Waals surface area contributed by atoms with E-state index >= 15 is 0 Å². The topological polar surface area (TPSA) is 140 Å². The molecule has 12 nitrogen and oxygen atoms in total. The van der Waals surface area contributed by atoms with Gasteiger partial charge in [-0.05, 0) is 13.8 Å². The van der Waals surface area contributed by atoms with Crippen LogP contribution in [-0.2, 0) is 16.0 Å². The van der Waals surface area contributed by atoms with Gasteiger partial charge in [0, 0.05) is 37.7 Å². The highest BCUT2D eigenvalue weighted by Gasteiger charge is 2.28. The summed E-state index contributed by atoms with van der Waals surface area (Å²) in [6, 6.07) is 1.72. The normalized spacial score (nSPS) is 14.9. The quantitative estimate of drug-likeness (QED) is 0.341. The number of nitrogens with zero attached hydrogens (tertiary/aromatic N) is 7. The molecule has 0 unspecified atom stereocenters. The van der Waals surface area contributed by atoms with Gasteiger partial charge in [-0.15, -0.1) is 0 Å². The van der Waals surface area contributed by atoms with Crippen LogP contribution in [0.25, 0.3) is 11.0 Å². The second kappa shape index (κ2) is 10.5. The number of rotatable bonds is 8. The van der Waals surface area contributed by atoms with Crippen LogP contribution in [-0.4, -0.2) is 79.6 Å². The highest BCUT2D eigenvalue weighted by Crippen LogP contribution is 2.29. The number of piperidine rings is 1. The van der Waals surface area contributed by atoms with Crippen LogP contribution in [0.5, 0.6) is 0 Å². The summed E-state index contributed by atoms with van der Waals surface area (Å²) in [5.41, 5.74) is 2.31. The van der Waals surface area contributed by atoms with Crippen molar-refractivity contribution in [2.45, 2.75) is 45.5 Å². The Hall–Kier alpha value is -3.75. The molecule has 194 valence electrons. The average Bonchev–Trinajstić information content (AvgIpc) is 3.12. The number of fused-ring (bicyclic) bond motifs is 1. The van der Waals surface area contributed by atoms with Crippen LogP contribution in [0.4, 0.5) is 35.5 Å². The Kier molecular flexibility index (Phi) is 7.37. The molecule has 1 aliphatic heterocycles. The number of aryl methyl sites for hydroxylation is 2. The van der Waals surface area contributed by atoms with Gasteiger partial charge >= 0.3 is 12.3 Å². The number of ether oxygens (including phenoxy) is 2. The molecule has 36 heavy (non-hydrogen) atoms. The van der Waals surface area contributed by atoms with E-state index in [1.54, 1.807) is 13.0 Å². The monoisotopic (exact) mass is 510 g/mol. The predicted octanol–water partition coefficient (Wildman–Crippen LogP) is 3.22. The van der Waals surface area contributed by atoms with Crippen LogP contribution in [0, 0.1) is 13.8 Å². The van der Waals surface area contributed by atoms with Gasteiger partial charge in [-0.1, -0.05) is 0 Å². The molecule has 0 bridgehead atoms. The summed E-state index contributed by atoms with van der Waals surface area (Å²) in [5, 5.41) is 16.5. The summed E-state index contributed by atoms with van der Waals surface area (Å²) in [7, 11) is 0. The van der Waals surface area contributed by atoms with Gasteiger partial charge in [-0.2, -0.15) is 23.3 Å². The number of anilines is 3. The van der Waals surface area contributed by atoms with Crippen LogP contribution < -0.4 is 10.2 Å². The first-order valence-corrected chi connectivity index (χ1v) is 11.2. The summed E-state index contributed by atoms with van der Waals surface area (Å²) in [6.07, 6.45) is -3.75. The highest BCUT2D eigenvalue weighted by atomic mass is 19.4. The second-order valence-corrected chi connectivity index (χ2v) is 8.29. The lowest BCUT2D eigenvalue weighted by atomic mass is 10.1. The molecule has 4 rings (SSSR count). The van der Waals surface area contributed by atoms with Crippen LogP contribution in [0.3, 0.4) is 0 Å². The third-order valence-corrected chi connectivity index (χ3v) is 5.50. The number of hydrogen-bond donors (Lipinski definition) is 2. The smallest absolute Gasteiger partial charge is 0.450 e. The Labute approximate surface area is 203 Å². The van der Waals surface area contributed by atoms with Crippen LogP contribution >= 0.6 is 0 Å². The fourth-order valence-corrected chi connectivity index (χ4v) is 3.91. The molecule has 0 radical (unpaired) electrons. The Balaban J connectivity index is 1.64. The minimum absolute atomic E-state index is 0.0541. The third kappa shape index (κ3) is 6.27. The average molecular weight is 510 g/mol. The van der Waals surface area contributed by atoms with Crippen molar-refractivity contribution < 1.29 is 32.5 Å². The van der Waals surface area contributed by atoms with Gasteiger partial charge in [0.2, 0.25) is 5.95 Å². The fraction of sp³-hybridized carbons (Fsp3) is 0.524. The minimum atomic E-state index is -4.42. The lowest BCUT2D eigenvalue weighted by Crippen LogP contribution is -2.38. The number of carbonyl (C=O) groups is 1. The standard InChI is InChI=1S/C21H25F3N8O4/c1-12-9-15(26-11-25-12)27-18-17-16(13(2)30-32(17)7-8-35-10-21(22,23)24)28-19(29-18)31-5-3-14(4-6-31)36-20(33)34/h9,11,14H,3-8,10H2,1-2H3,(H,33,34)(H,25,26,27,28,29). The van der Waals surface area contributed by atoms with E-state index < -0.39 is 25.0 Å². The molecule has 1 fully saturated rings. The molecule has 1 saturated heterocycles. The van der Waals surface area contributed by atoms with Gasteiger partial charge in [-0.25, -0.2) is 19.7 Å². The number of carboxylic acid groups (broad SMARTS) is 1. The zero-order valence-corrected chi connectivity index (χ0v) is 19.6. The molecule has 15 heteroatoms. The predicted molar refractivity (Wildman–Crippen MR) is 121 cm³/mol. The number of nitrogens with one attached hydrogen (secondary N) is 1. The first kappa shape index (κ1) is 25.3. The summed E-state index contributed by atoms with van der Waals surface area (Å²) in [5.74, 6) is 1.25. The molecule has 4 heterocycles. The molecular formula is C21H25F3N8O4. The van der Waals surface area contributed by atoms with Gasteiger partial charge in [0.15, 0.2) is 5.82 Å². The maximum atomic E-state index is 12.5. The lowest BCUT2D eigenvalue weighted by molar-refractivity contribution is -0.174. The number of halogens is 3. The molecule has 0 aromatic carbocycles. The van der Waals surface area contributed by atoms with Crippen molar-refractivity contribution in [2.75, 3.05) is 36.5 Å². The van der Waals surface area contributed by atoms with Gasteiger partial charge in [0.25, 0.3) is 0 Å². The van der Waals surface area contributed by atoms with E-state index in [1.807, 2.05) is 11.8 Å². The van der Waals surface area contributed by atoms with E-state index in [-0.39, 0.29) is 13.2 Å². The van der Waals surface area contributed by atoms with E-state index in [0.29, 0.717) is 60.2 Å². The largest absolute Gasteiger partial charge is 0.506 e. The van der Waals surface area contributed by atoms with Crippen molar-refractivity contribution in [2.24, 2.45) is 0 Å². The van der Waals surface area contributed by atoms with Gasteiger partial charge in [0.05, 0.1) is 18.8 Å². The van der Waals surface area contributed by atoms with Crippen LogP contribution in [0.2, 0.25) is 0 Å². The summed E-state index contributed by atoms with van der Waals surface area (Å²) in [6.45, 7) is 3.02. The zero-order valence-electron chi connectivity index (χ0n) is 19.6. The molecule has 3 aromatic heterocycles. The summed E-state index contributed by atoms with van der Waals surface area (Å²) < 4.78 is 48.5. The molecule has 0 atom stereocenters. The summed E-state index contributed by atoms with van der Waals surface area (Å²) in [4.78, 5) is 30.4. The molecule has 0 spiro atoms. The highest BCUT2D eigenvalue weighted by molar-refractivity contribution is 5.90. The minimum Gasteiger partial charge on any atom is -0.450 e. The van der Waals surface area contributed by atoms with Crippen molar-refractivity contribution in [1.82, 2.24) is 29.7 Å². The number of aromatic nitrogens is 6. The Morgan fingerprint density at radius 2 is 1.97 bits per heavy atom. The van der Waals surface area contributed by atoms with E-state index in [2.05, 4.69) is 30.4 Å². The Morgan fingerprint density at radius 3 is 2.64 bits per heavy atom. The fourth-order valence-electron chi connectivity index (χ4n) is 3.91. The Morgan fingerprint density at radius 1 is 1.22 bits per heavy atom. The first-order valence-electron chi connectivity index (χ1n) is 11.2. The van der Waals surface area contributed by atoms with E-state index in [1.165, 1.54) is 11.0 Å².